The molecule has 0 amide bonds. The predicted octanol–water partition coefficient (Wildman–Crippen LogP) is 3.31. The Labute approximate surface area is 90.5 Å². The first-order valence-electron chi connectivity index (χ1n) is 5.26. The number of methoxy groups -OCH3 is 1. The lowest BCUT2D eigenvalue weighted by Gasteiger charge is -2.10. The average molecular weight is 203 g/mol. The molecule has 80 valence electrons. The van der Waals surface area contributed by atoms with Gasteiger partial charge in [-0.05, 0) is 29.7 Å². The quantitative estimate of drug-likeness (QED) is 0.730. The summed E-state index contributed by atoms with van der Waals surface area (Å²) in [5.74, 6) is 1.50. The van der Waals surface area contributed by atoms with E-state index in [1.807, 2.05) is 0 Å². The molecule has 15 heavy (non-hydrogen) atoms. The molecule has 2 nitrogen and oxygen atoms in total. The molecule has 1 aromatic heterocycles. The van der Waals surface area contributed by atoms with Gasteiger partial charge in [0, 0.05) is 18.6 Å². The first-order chi connectivity index (χ1) is 7.13. The van der Waals surface area contributed by atoms with Gasteiger partial charge < -0.3 is 9.30 Å². The van der Waals surface area contributed by atoms with E-state index in [1.54, 1.807) is 7.11 Å². The monoisotopic (exact) mass is 203 g/mol. The molecule has 0 bridgehead atoms. The third kappa shape index (κ3) is 1.60. The second-order valence-electron chi connectivity index (χ2n) is 4.24. The average Bonchev–Trinajstić information content (AvgIpc) is 2.59. The molecule has 0 aliphatic heterocycles. The molecule has 0 saturated heterocycles. The van der Waals surface area contributed by atoms with E-state index in [0.29, 0.717) is 5.92 Å². The summed E-state index contributed by atoms with van der Waals surface area (Å²) >= 11 is 0. The van der Waals surface area contributed by atoms with Gasteiger partial charge in [-0.15, -0.1) is 0 Å². The van der Waals surface area contributed by atoms with E-state index in [9.17, 15) is 0 Å². The van der Waals surface area contributed by atoms with Crippen molar-refractivity contribution in [2.75, 3.05) is 7.11 Å². The van der Waals surface area contributed by atoms with Gasteiger partial charge in [-0.3, -0.25) is 0 Å². The van der Waals surface area contributed by atoms with Crippen LogP contribution in [0, 0.1) is 0 Å². The summed E-state index contributed by atoms with van der Waals surface area (Å²) in [7, 11) is 3.79. The minimum Gasteiger partial charge on any atom is -0.496 e. The van der Waals surface area contributed by atoms with Crippen molar-refractivity contribution in [3.05, 3.63) is 30.0 Å². The van der Waals surface area contributed by atoms with Crippen molar-refractivity contribution in [2.45, 2.75) is 19.8 Å². The topological polar surface area (TPSA) is 14.2 Å². The van der Waals surface area contributed by atoms with Gasteiger partial charge in [0.25, 0.3) is 0 Å². The molecule has 0 aliphatic carbocycles. The van der Waals surface area contributed by atoms with E-state index in [1.165, 1.54) is 16.5 Å². The smallest absolute Gasteiger partial charge is 0.128 e. The number of aryl methyl sites for hydroxylation is 1. The molecule has 0 fully saturated rings. The molecular formula is C13H17NO. The fraction of sp³-hybridized carbons (Fsp3) is 0.385. The zero-order valence-corrected chi connectivity index (χ0v) is 9.74. The van der Waals surface area contributed by atoms with E-state index < -0.39 is 0 Å². The maximum Gasteiger partial charge on any atom is 0.128 e. The molecule has 1 heterocycles. The highest BCUT2D eigenvalue weighted by Gasteiger charge is 2.09. The molecule has 0 aliphatic rings. The fourth-order valence-corrected chi connectivity index (χ4v) is 1.86. The Hall–Kier alpha value is -1.44. The zero-order chi connectivity index (χ0) is 11.0. The Balaban J connectivity index is 2.74. The molecule has 0 atom stereocenters. The molecule has 0 spiro atoms. The van der Waals surface area contributed by atoms with Gasteiger partial charge >= 0.3 is 0 Å². The third-order valence-electron chi connectivity index (χ3n) is 2.87. The number of hydrogen-bond donors (Lipinski definition) is 0. The second kappa shape index (κ2) is 3.61. The summed E-state index contributed by atoms with van der Waals surface area (Å²) in [5, 5.41) is 1.18. The fourth-order valence-electron chi connectivity index (χ4n) is 1.86. The van der Waals surface area contributed by atoms with Crippen LogP contribution in [0.2, 0.25) is 0 Å². The normalized spacial score (nSPS) is 11.3. The number of fused-ring (bicyclic) bond motifs is 1. The minimum atomic E-state index is 0.526. The van der Waals surface area contributed by atoms with Crippen molar-refractivity contribution in [1.29, 1.82) is 0 Å². The molecule has 2 rings (SSSR count). The van der Waals surface area contributed by atoms with Gasteiger partial charge in [-0.25, -0.2) is 0 Å². The first kappa shape index (κ1) is 10.1. The molecule has 0 radical (unpaired) electrons. The number of hydrogen-bond acceptors (Lipinski definition) is 1. The number of aromatic nitrogens is 1. The molecule has 0 N–H and O–H groups in total. The molecule has 1 aromatic carbocycles. The summed E-state index contributed by atoms with van der Waals surface area (Å²) in [6.45, 7) is 4.40. The van der Waals surface area contributed by atoms with Crippen molar-refractivity contribution in [1.82, 2.24) is 4.57 Å². The highest BCUT2D eigenvalue weighted by molar-refractivity contribution is 5.87. The van der Waals surface area contributed by atoms with Gasteiger partial charge in [0.05, 0.1) is 12.6 Å². The summed E-state index contributed by atoms with van der Waals surface area (Å²) in [6, 6.07) is 6.47. The second-order valence-corrected chi connectivity index (χ2v) is 4.24. The molecule has 0 saturated carbocycles. The van der Waals surface area contributed by atoms with E-state index >= 15 is 0 Å². The lowest BCUT2D eigenvalue weighted by Crippen LogP contribution is -1.93. The van der Waals surface area contributed by atoms with Crippen molar-refractivity contribution in [3.63, 3.8) is 0 Å². The van der Waals surface area contributed by atoms with Crippen LogP contribution in [0.25, 0.3) is 10.9 Å². The van der Waals surface area contributed by atoms with Gasteiger partial charge in [-0.1, -0.05) is 13.8 Å². The molecule has 2 heteroatoms. The number of benzene rings is 1. The van der Waals surface area contributed by atoms with Gasteiger partial charge in [0.15, 0.2) is 0 Å². The van der Waals surface area contributed by atoms with E-state index in [2.05, 4.69) is 49.9 Å². The van der Waals surface area contributed by atoms with Gasteiger partial charge in [0.1, 0.15) is 5.75 Å². The van der Waals surface area contributed by atoms with Crippen LogP contribution in [0.5, 0.6) is 5.75 Å². The van der Waals surface area contributed by atoms with Crippen molar-refractivity contribution in [2.24, 2.45) is 7.05 Å². The number of rotatable bonds is 2. The number of nitrogens with zero attached hydrogens (tertiary/aromatic N) is 1. The molecular weight excluding hydrogens is 186 g/mol. The third-order valence-corrected chi connectivity index (χ3v) is 2.87. The highest BCUT2D eigenvalue weighted by atomic mass is 16.5. The van der Waals surface area contributed by atoms with Crippen molar-refractivity contribution >= 4 is 10.9 Å². The number of ether oxygens (including phenoxy) is 1. The van der Waals surface area contributed by atoms with Crippen LogP contribution in [0.1, 0.15) is 25.3 Å². The minimum absolute atomic E-state index is 0.526. The van der Waals surface area contributed by atoms with Crippen molar-refractivity contribution < 1.29 is 4.74 Å². The lowest BCUT2D eigenvalue weighted by molar-refractivity contribution is 0.419. The van der Waals surface area contributed by atoms with Crippen LogP contribution in [-0.4, -0.2) is 11.7 Å². The van der Waals surface area contributed by atoms with Crippen LogP contribution in [0.4, 0.5) is 0 Å². The Morgan fingerprint density at radius 2 is 2.00 bits per heavy atom. The van der Waals surface area contributed by atoms with Crippen LogP contribution in [-0.2, 0) is 7.05 Å². The largest absolute Gasteiger partial charge is 0.496 e. The summed E-state index contributed by atoms with van der Waals surface area (Å²) < 4.78 is 7.55. The Morgan fingerprint density at radius 3 is 2.60 bits per heavy atom. The van der Waals surface area contributed by atoms with Gasteiger partial charge in [0.2, 0.25) is 0 Å². The molecule has 2 aromatic rings. The SMILES string of the molecule is COc1cc(C(C)C)cc2c1ccn2C. The summed E-state index contributed by atoms with van der Waals surface area (Å²) in [4.78, 5) is 0. The highest BCUT2D eigenvalue weighted by Crippen LogP contribution is 2.30. The first-order valence-corrected chi connectivity index (χ1v) is 5.26. The molecule has 0 unspecified atom stereocenters. The van der Waals surface area contributed by atoms with Gasteiger partial charge in [-0.2, -0.15) is 0 Å². The maximum atomic E-state index is 5.42. The summed E-state index contributed by atoms with van der Waals surface area (Å²) in [6.07, 6.45) is 2.07. The van der Waals surface area contributed by atoms with E-state index in [4.69, 9.17) is 4.74 Å². The van der Waals surface area contributed by atoms with Crippen LogP contribution >= 0.6 is 0 Å². The summed E-state index contributed by atoms with van der Waals surface area (Å²) in [5.41, 5.74) is 2.55. The standard InChI is InChI=1S/C13H17NO/c1-9(2)10-7-12-11(5-6-14(12)3)13(8-10)15-4/h5-9H,1-4H3. The predicted molar refractivity (Wildman–Crippen MR) is 63.6 cm³/mol. The Bertz CT molecular complexity index is 482. The Kier molecular flexibility index (Phi) is 2.43. The lowest BCUT2D eigenvalue weighted by atomic mass is 10.0. The van der Waals surface area contributed by atoms with E-state index in [-0.39, 0.29) is 0 Å². The maximum absolute atomic E-state index is 5.42. The van der Waals surface area contributed by atoms with Crippen LogP contribution in [0.3, 0.4) is 0 Å². The van der Waals surface area contributed by atoms with Crippen LogP contribution < -0.4 is 4.74 Å². The zero-order valence-electron chi connectivity index (χ0n) is 9.74. The van der Waals surface area contributed by atoms with E-state index in [0.717, 1.165) is 5.75 Å². The Morgan fingerprint density at radius 1 is 1.27 bits per heavy atom. The van der Waals surface area contributed by atoms with Crippen molar-refractivity contribution in [3.8, 4) is 5.75 Å². The van der Waals surface area contributed by atoms with Crippen LogP contribution in [0.15, 0.2) is 24.4 Å².